The van der Waals surface area contributed by atoms with Crippen molar-refractivity contribution >= 4 is 74.2 Å². The molecule has 21 nitrogen and oxygen atoms in total. The molecule has 4 aliphatic heterocycles. The zero-order valence-corrected chi connectivity index (χ0v) is 66.2. The molecule has 3 aromatic heterocycles. The van der Waals surface area contributed by atoms with E-state index in [0.717, 1.165) is 44.6 Å². The number of carbonyl (C=O) groups is 4. The van der Waals surface area contributed by atoms with Crippen LogP contribution < -0.4 is 0 Å². The highest BCUT2D eigenvalue weighted by molar-refractivity contribution is 9.10. The van der Waals surface area contributed by atoms with E-state index in [0.29, 0.717) is 102 Å². The molecular formula is C87H76BrCl3F3N9O12. The first-order valence-electron chi connectivity index (χ1n) is 37.2. The van der Waals surface area contributed by atoms with Gasteiger partial charge in [0, 0.05) is 89.8 Å². The molecule has 115 heavy (non-hydrogen) atoms. The number of halogens is 7. The van der Waals surface area contributed by atoms with Crippen LogP contribution in [0.1, 0.15) is 179 Å². The Morgan fingerprint density at radius 1 is 0.522 bits per heavy atom. The third kappa shape index (κ3) is 15.7. The van der Waals surface area contributed by atoms with Crippen LogP contribution in [0.4, 0.5) is 13.2 Å². The van der Waals surface area contributed by atoms with Gasteiger partial charge in [-0.2, -0.15) is 15.8 Å². The molecule has 1 unspecified atom stereocenters. The van der Waals surface area contributed by atoms with Crippen molar-refractivity contribution in [2.75, 3.05) is 52.9 Å². The van der Waals surface area contributed by atoms with Crippen molar-refractivity contribution in [1.29, 1.82) is 15.8 Å². The van der Waals surface area contributed by atoms with Gasteiger partial charge in [-0.25, -0.2) is 13.2 Å². The van der Waals surface area contributed by atoms with E-state index >= 15 is 13.2 Å². The number of fused-ring (bicyclic) bond motifs is 3. The molecule has 6 aromatic carbocycles. The summed E-state index contributed by atoms with van der Waals surface area (Å²) in [4.78, 5) is 71.6. The van der Waals surface area contributed by atoms with Crippen LogP contribution in [-0.2, 0) is 61.4 Å². The molecule has 7 heterocycles. The van der Waals surface area contributed by atoms with Crippen LogP contribution in [0.2, 0.25) is 15.1 Å². The smallest absolute Gasteiger partial charge is 0.257 e. The monoisotopic (exact) mass is 1680 g/mol. The first kappa shape index (κ1) is 81.7. The molecule has 0 bridgehead atoms. The number of rotatable bonds is 24. The first-order chi connectivity index (χ1) is 55.2. The number of aromatic nitrogens is 3. The summed E-state index contributed by atoms with van der Waals surface area (Å²) in [5.74, 6) is -4.04. The highest BCUT2D eigenvalue weighted by atomic mass is 79.9. The van der Waals surface area contributed by atoms with Crippen molar-refractivity contribution < 1.29 is 71.7 Å². The molecule has 16 rings (SSSR count). The number of carbonyl (C=O) groups excluding carboxylic acids is 4. The van der Waals surface area contributed by atoms with E-state index < -0.39 is 74.2 Å². The predicted octanol–water partition coefficient (Wildman–Crippen LogP) is 14.8. The van der Waals surface area contributed by atoms with Crippen molar-refractivity contribution in [3.63, 3.8) is 0 Å². The Balaban J connectivity index is 0.000000143. The van der Waals surface area contributed by atoms with Gasteiger partial charge in [-0.15, -0.1) is 0 Å². The zero-order chi connectivity index (χ0) is 81.6. The van der Waals surface area contributed by atoms with Crippen LogP contribution in [0.3, 0.4) is 0 Å². The maximum atomic E-state index is 16.7. The fraction of sp³-hybridized carbons (Fsp3) is 0.333. The summed E-state index contributed by atoms with van der Waals surface area (Å²) in [6.07, 6.45) is 9.98. The lowest BCUT2D eigenvalue weighted by atomic mass is 9.77. The van der Waals surface area contributed by atoms with Gasteiger partial charge >= 0.3 is 0 Å². The van der Waals surface area contributed by atoms with Crippen LogP contribution >= 0.6 is 50.7 Å². The van der Waals surface area contributed by atoms with E-state index in [2.05, 4.69) is 30.9 Å². The number of benzene rings is 6. The van der Waals surface area contributed by atoms with Gasteiger partial charge in [0.2, 0.25) is 0 Å². The third-order valence-electron chi connectivity index (χ3n) is 23.0. The molecule has 590 valence electrons. The van der Waals surface area contributed by atoms with Crippen molar-refractivity contribution in [3.05, 3.63) is 296 Å². The highest BCUT2D eigenvalue weighted by Gasteiger charge is 2.61. The summed E-state index contributed by atoms with van der Waals surface area (Å²) in [7, 11) is 0. The molecule has 7 aliphatic rings. The average molecular weight is 1680 g/mol. The quantitative estimate of drug-likeness (QED) is 0.0409. The van der Waals surface area contributed by atoms with Crippen LogP contribution in [0, 0.1) is 73.6 Å². The summed E-state index contributed by atoms with van der Waals surface area (Å²) >= 11 is 21.8. The zero-order valence-electron chi connectivity index (χ0n) is 62.3. The number of Topliss-reactive ketones (excluding diaryl/α,β-unsaturated/α-hetero) is 1. The fourth-order valence-electron chi connectivity index (χ4n) is 15.4. The van der Waals surface area contributed by atoms with Crippen LogP contribution in [-0.4, -0.2) is 126 Å². The number of nitriles is 3. The van der Waals surface area contributed by atoms with E-state index in [1.165, 1.54) is 58.4 Å². The minimum Gasteiger partial charge on any atom is -0.396 e. The summed E-state index contributed by atoms with van der Waals surface area (Å²) in [5.41, 5.74) is -3.01. The second-order valence-corrected chi connectivity index (χ2v) is 32.8. The lowest BCUT2D eigenvalue weighted by Crippen LogP contribution is -2.48. The Morgan fingerprint density at radius 2 is 0.852 bits per heavy atom. The van der Waals surface area contributed by atoms with Crippen LogP contribution in [0.5, 0.6) is 0 Å². The fourth-order valence-corrected chi connectivity index (χ4v) is 16.2. The van der Waals surface area contributed by atoms with Crippen LogP contribution in [0.15, 0.2) is 169 Å². The second-order valence-electron chi connectivity index (χ2n) is 30.6. The molecule has 4 fully saturated rings. The maximum Gasteiger partial charge on any atom is 0.257 e. The van der Waals surface area contributed by atoms with Crippen LogP contribution in [0.25, 0.3) is 0 Å². The number of pyridine rings is 3. The number of hydrogen-bond donors (Lipinski definition) is 4. The van der Waals surface area contributed by atoms with Crippen molar-refractivity contribution in [1.82, 2.24) is 29.7 Å². The Labute approximate surface area is 684 Å². The molecule has 3 aliphatic carbocycles. The standard InChI is InChI=1S/C33H33ClFN3O5.C28H23ClFN3O4.C26H20BrClFN3O3/c1-31(41,22-8-12-42-13-9-22)24-14-27-29(28(35)15-24)33(23-3-5-25(34)6-4-23,43-20-32(19-39)10-11-32)38(30(27)40)18-26-7-2-21(16-36)17-37-26;1-17(35)19-10-23-25(24(30)11-19)28(20-3-5-21(29)6-4-20,37-16-27(15-34)8-9-27)33(26(23)36)14-22-7-2-18(12-31)13-32-22;27-18-9-21-23(22(29)10-18)26(17-2-4-19(28)5-3-17,35-15-25(14-33)7-8-25)32(24(21)34)13-20-6-1-16(11-30)12-31-20/h2-7,14-15,17,22,39,41H,8-13,18-20H2,1H3;2-7,10-11,13,34H,8-9,14-16H2,1H3;1-6,9-10,12,33H,7-8,13-15H2/t31?,33-;28-;26-/m111/s1. The molecule has 28 heteroatoms. The Morgan fingerprint density at radius 3 is 1.17 bits per heavy atom. The Hall–Kier alpha value is -9.86. The van der Waals surface area contributed by atoms with Gasteiger partial charge in [0.15, 0.2) is 23.0 Å². The molecule has 0 radical (unpaired) electrons. The lowest BCUT2D eigenvalue weighted by Gasteiger charge is -2.40. The van der Waals surface area contributed by atoms with Crippen molar-refractivity contribution in [2.24, 2.45) is 22.2 Å². The lowest BCUT2D eigenvalue weighted by molar-refractivity contribution is -0.131. The average Bonchev–Trinajstić information content (AvgIpc) is 1.57. The number of ether oxygens (including phenoxy) is 4. The Kier molecular flexibility index (Phi) is 23.2. The van der Waals surface area contributed by atoms with Gasteiger partial charge in [-0.05, 0) is 186 Å². The molecule has 4 N–H and O–H groups in total. The third-order valence-corrected chi connectivity index (χ3v) is 24.2. The van der Waals surface area contributed by atoms with Gasteiger partial charge in [0.1, 0.15) is 35.7 Å². The summed E-state index contributed by atoms with van der Waals surface area (Å²) in [6.45, 7) is 3.86. The van der Waals surface area contributed by atoms with Gasteiger partial charge in [0.05, 0.1) is 132 Å². The molecule has 1 saturated heterocycles. The summed E-state index contributed by atoms with van der Waals surface area (Å²) in [6, 6.07) is 44.1. The van der Waals surface area contributed by atoms with Crippen molar-refractivity contribution in [2.45, 2.75) is 108 Å². The van der Waals surface area contributed by atoms with E-state index in [9.17, 15) is 44.9 Å². The van der Waals surface area contributed by atoms with Gasteiger partial charge in [0.25, 0.3) is 17.7 Å². The minimum absolute atomic E-state index is 0.00499. The number of amides is 3. The van der Waals surface area contributed by atoms with Gasteiger partial charge < -0.3 is 39.4 Å². The number of nitrogens with zero attached hydrogens (tertiary/aromatic N) is 9. The van der Waals surface area contributed by atoms with E-state index in [4.69, 9.17) is 64.3 Å². The predicted molar refractivity (Wildman–Crippen MR) is 417 cm³/mol. The van der Waals surface area contributed by atoms with E-state index in [1.54, 1.807) is 128 Å². The number of hydrogen-bond acceptors (Lipinski definition) is 18. The second kappa shape index (κ2) is 32.7. The SMILES string of the molecule is CC(=O)c1cc(F)c2c(c1)C(=O)N(Cc1ccc(C#N)cn1)[C@@]2(OCC1(CO)CC1)c1ccc(Cl)cc1.CC(O)(c1cc(F)c2c(c1)C(=O)N(Cc1ccc(C#N)cn1)[C@@]2(OCC1(CO)CC1)c1ccc(Cl)cc1)C1CCOCC1.N#Cc1ccc(CN2C(=O)c3cc(Br)cc(F)c3[C@]2(OCC2(CO)CC2)c2ccc(Cl)cc2)nc1. The number of aliphatic hydroxyl groups excluding tert-OH is 3. The molecule has 3 amide bonds. The Bertz CT molecular complexity index is 5390. The molecule has 9 aromatic rings. The first-order valence-corrected chi connectivity index (χ1v) is 39.1. The summed E-state index contributed by atoms with van der Waals surface area (Å²) in [5, 5.41) is 70.5. The van der Waals surface area contributed by atoms with Gasteiger partial charge in [-0.1, -0.05) is 87.1 Å². The largest absolute Gasteiger partial charge is 0.396 e. The molecule has 0 spiro atoms. The topological polar surface area (TPSA) is 306 Å². The normalized spacial score (nSPS) is 20.8. The van der Waals surface area contributed by atoms with Gasteiger partial charge in [-0.3, -0.25) is 48.8 Å². The molecule has 4 atom stereocenters. The highest BCUT2D eigenvalue weighted by Crippen LogP contribution is 2.57. The minimum atomic E-state index is -1.72. The van der Waals surface area contributed by atoms with Crippen molar-refractivity contribution in [3.8, 4) is 18.2 Å². The number of aliphatic hydroxyl groups is 4. The number of ketones is 1. The molecule has 3 saturated carbocycles. The molecular weight excluding hydrogens is 1610 g/mol. The summed E-state index contributed by atoms with van der Waals surface area (Å²) < 4.78 is 74.0. The van der Waals surface area contributed by atoms with E-state index in [-0.39, 0.29) is 110 Å². The van der Waals surface area contributed by atoms with E-state index in [1.807, 2.05) is 18.2 Å². The maximum absolute atomic E-state index is 16.7.